The van der Waals surface area contributed by atoms with Crippen LogP contribution in [0.2, 0.25) is 0 Å². The van der Waals surface area contributed by atoms with Crippen molar-refractivity contribution in [3.8, 4) is 5.75 Å². The molecule has 0 aromatic heterocycles. The van der Waals surface area contributed by atoms with Gasteiger partial charge in [-0.1, -0.05) is 82.9 Å². The number of fused-ring (bicyclic) bond motifs is 1. The van der Waals surface area contributed by atoms with Gasteiger partial charge in [-0.3, -0.25) is 4.79 Å². The van der Waals surface area contributed by atoms with E-state index in [2.05, 4.69) is 38.2 Å². The van der Waals surface area contributed by atoms with Crippen molar-refractivity contribution in [2.24, 2.45) is 0 Å². The Morgan fingerprint density at radius 2 is 1.75 bits per heavy atom. The van der Waals surface area contributed by atoms with Gasteiger partial charge in [-0.25, -0.2) is 0 Å². The van der Waals surface area contributed by atoms with Gasteiger partial charge in [-0.2, -0.15) is 0 Å². The van der Waals surface area contributed by atoms with Crippen LogP contribution in [-0.2, 0) is 9.53 Å². The highest BCUT2D eigenvalue weighted by Crippen LogP contribution is 2.25. The lowest BCUT2D eigenvalue weighted by Gasteiger charge is -2.21. The molecule has 0 amide bonds. The summed E-state index contributed by atoms with van der Waals surface area (Å²) in [4.78, 5) is 12.2. The zero-order valence-corrected chi connectivity index (χ0v) is 17.6. The lowest BCUT2D eigenvalue weighted by molar-refractivity contribution is -0.150. The highest BCUT2D eigenvalue weighted by Gasteiger charge is 2.16. The number of rotatable bonds is 13. The van der Waals surface area contributed by atoms with Crippen LogP contribution >= 0.6 is 0 Å². The predicted molar refractivity (Wildman–Crippen MR) is 116 cm³/mol. The summed E-state index contributed by atoms with van der Waals surface area (Å²) in [6, 6.07) is 14.5. The summed E-state index contributed by atoms with van der Waals surface area (Å²) in [5.74, 6) is 0.692. The number of nitrogens with one attached hydrogen (secondary N) is 1. The molecule has 0 fully saturated rings. The molecule has 28 heavy (non-hydrogen) atoms. The second-order valence-electron chi connectivity index (χ2n) is 7.63. The predicted octanol–water partition coefficient (Wildman–Crippen LogP) is 5.49. The summed E-state index contributed by atoms with van der Waals surface area (Å²) >= 11 is 0. The minimum atomic E-state index is -0.301. The number of carbonyl (C=O) groups is 1. The molecule has 2 aromatic carbocycles. The van der Waals surface area contributed by atoms with Crippen LogP contribution in [0.5, 0.6) is 5.75 Å². The number of unbranched alkanes of at least 4 members (excludes halogenated alkanes) is 4. The van der Waals surface area contributed by atoms with E-state index >= 15 is 0 Å². The highest BCUT2D eigenvalue weighted by molar-refractivity contribution is 5.88. The summed E-state index contributed by atoms with van der Waals surface area (Å²) in [5.41, 5.74) is 0. The van der Waals surface area contributed by atoms with E-state index < -0.39 is 0 Å². The lowest BCUT2D eigenvalue weighted by Crippen LogP contribution is -2.38. The van der Waals surface area contributed by atoms with E-state index in [9.17, 15) is 4.79 Å². The van der Waals surface area contributed by atoms with Gasteiger partial charge in [0.15, 0.2) is 0 Å². The lowest BCUT2D eigenvalue weighted by atomic mass is 10.1. The van der Waals surface area contributed by atoms with Crippen molar-refractivity contribution in [1.29, 1.82) is 0 Å². The molecular weight excluding hydrogens is 350 g/mol. The van der Waals surface area contributed by atoms with Crippen LogP contribution in [0.15, 0.2) is 42.5 Å². The molecule has 154 valence electrons. The molecule has 0 radical (unpaired) electrons. The largest absolute Gasteiger partial charge is 0.489 e. The van der Waals surface area contributed by atoms with Crippen LogP contribution < -0.4 is 10.1 Å². The topological polar surface area (TPSA) is 47.6 Å². The van der Waals surface area contributed by atoms with Gasteiger partial charge in [0.05, 0.1) is 0 Å². The van der Waals surface area contributed by atoms with E-state index in [1.807, 2.05) is 30.3 Å². The van der Waals surface area contributed by atoms with E-state index in [4.69, 9.17) is 9.47 Å². The molecule has 0 spiro atoms. The van der Waals surface area contributed by atoms with Gasteiger partial charge in [0.1, 0.15) is 18.5 Å². The van der Waals surface area contributed by atoms with Crippen LogP contribution in [0.1, 0.15) is 59.3 Å². The van der Waals surface area contributed by atoms with Gasteiger partial charge < -0.3 is 14.8 Å². The Kier molecular flexibility index (Phi) is 9.84. The normalized spacial score (nSPS) is 12.3. The molecule has 2 rings (SSSR count). The molecule has 1 unspecified atom stereocenters. The Bertz CT molecular complexity index is 709. The number of hydrogen-bond acceptors (Lipinski definition) is 4. The van der Waals surface area contributed by atoms with Crippen molar-refractivity contribution in [1.82, 2.24) is 5.32 Å². The number of carbonyl (C=O) groups excluding carboxylic acids is 1. The molecule has 0 aliphatic carbocycles. The zero-order valence-electron chi connectivity index (χ0n) is 17.6. The van der Waals surface area contributed by atoms with E-state index in [1.54, 1.807) is 0 Å². The summed E-state index contributed by atoms with van der Waals surface area (Å²) in [7, 11) is 0. The van der Waals surface area contributed by atoms with Crippen LogP contribution in [0, 0.1) is 0 Å². The third-order valence-electron chi connectivity index (χ3n) is 4.71. The molecule has 0 saturated carbocycles. The first-order chi connectivity index (χ1) is 13.6. The minimum Gasteiger partial charge on any atom is -0.489 e. The van der Waals surface area contributed by atoms with Gasteiger partial charge in [0.25, 0.3) is 0 Å². The van der Waals surface area contributed by atoms with Gasteiger partial charge >= 0.3 is 5.97 Å². The molecule has 2 aromatic rings. The maximum atomic E-state index is 12.2. The van der Waals surface area contributed by atoms with Gasteiger partial charge in [-0.15, -0.1) is 0 Å². The smallest absolute Gasteiger partial charge is 0.306 e. The maximum Gasteiger partial charge on any atom is 0.306 e. The van der Waals surface area contributed by atoms with Crippen molar-refractivity contribution >= 4 is 16.7 Å². The average molecular weight is 386 g/mol. The Morgan fingerprint density at radius 3 is 2.54 bits per heavy atom. The standard InChI is InChI=1S/C24H35NO3/c1-4-5-6-7-8-16-24(26)28-21(17-25-19(2)3)18-27-23-15-11-13-20-12-9-10-14-22(20)23/h9-15,19,21,25H,4-8,16-18H2,1-3H3. The minimum absolute atomic E-state index is 0.131. The van der Waals surface area contributed by atoms with E-state index in [0.717, 1.165) is 29.4 Å². The Labute approximate surface area is 169 Å². The molecule has 4 nitrogen and oxygen atoms in total. The molecule has 0 aliphatic heterocycles. The first kappa shape index (κ1) is 22.2. The van der Waals surface area contributed by atoms with Crippen LogP contribution in [-0.4, -0.2) is 31.3 Å². The summed E-state index contributed by atoms with van der Waals surface area (Å²) in [6.45, 7) is 7.28. The van der Waals surface area contributed by atoms with Gasteiger partial charge in [-0.05, 0) is 17.9 Å². The monoisotopic (exact) mass is 385 g/mol. The van der Waals surface area contributed by atoms with Crippen molar-refractivity contribution in [3.63, 3.8) is 0 Å². The molecule has 1 atom stereocenters. The van der Waals surface area contributed by atoms with E-state index in [-0.39, 0.29) is 12.1 Å². The second-order valence-corrected chi connectivity index (χ2v) is 7.63. The maximum absolute atomic E-state index is 12.2. The molecular formula is C24H35NO3. The van der Waals surface area contributed by atoms with Crippen LogP contribution in [0.3, 0.4) is 0 Å². The SMILES string of the molecule is CCCCCCCC(=O)OC(CNC(C)C)COc1cccc2ccccc12. The van der Waals surface area contributed by atoms with Crippen molar-refractivity contribution in [2.45, 2.75) is 71.4 Å². The summed E-state index contributed by atoms with van der Waals surface area (Å²) in [6.07, 6.45) is 5.79. The molecule has 0 saturated heterocycles. The van der Waals surface area contributed by atoms with Crippen molar-refractivity contribution in [3.05, 3.63) is 42.5 Å². The quantitative estimate of drug-likeness (QED) is 0.366. The molecule has 0 aliphatic rings. The Morgan fingerprint density at radius 1 is 1.00 bits per heavy atom. The fourth-order valence-corrected chi connectivity index (χ4v) is 3.12. The van der Waals surface area contributed by atoms with Crippen LogP contribution in [0.25, 0.3) is 10.8 Å². The molecule has 0 heterocycles. The third-order valence-corrected chi connectivity index (χ3v) is 4.71. The van der Waals surface area contributed by atoms with Crippen molar-refractivity contribution < 1.29 is 14.3 Å². The number of ether oxygens (including phenoxy) is 2. The second kappa shape index (κ2) is 12.4. The van der Waals surface area contributed by atoms with E-state index in [1.165, 1.54) is 19.3 Å². The molecule has 4 heteroatoms. The number of benzene rings is 2. The summed E-state index contributed by atoms with van der Waals surface area (Å²) in [5, 5.41) is 5.56. The zero-order chi connectivity index (χ0) is 20.2. The average Bonchev–Trinajstić information content (AvgIpc) is 2.69. The molecule has 1 N–H and O–H groups in total. The fourth-order valence-electron chi connectivity index (χ4n) is 3.12. The van der Waals surface area contributed by atoms with Gasteiger partial charge in [0, 0.05) is 24.4 Å². The highest BCUT2D eigenvalue weighted by atomic mass is 16.6. The third kappa shape index (κ3) is 7.89. The first-order valence-corrected chi connectivity index (χ1v) is 10.6. The first-order valence-electron chi connectivity index (χ1n) is 10.6. The Hall–Kier alpha value is -2.07. The Balaban J connectivity index is 1.90. The summed E-state index contributed by atoms with van der Waals surface area (Å²) < 4.78 is 11.8. The number of hydrogen-bond donors (Lipinski definition) is 1. The number of esters is 1. The van der Waals surface area contributed by atoms with Crippen molar-refractivity contribution in [2.75, 3.05) is 13.2 Å². The van der Waals surface area contributed by atoms with Gasteiger partial charge in [0.2, 0.25) is 0 Å². The van der Waals surface area contributed by atoms with E-state index in [0.29, 0.717) is 25.6 Å². The van der Waals surface area contributed by atoms with Crippen LogP contribution in [0.4, 0.5) is 0 Å². The molecule has 0 bridgehead atoms. The fraction of sp³-hybridized carbons (Fsp3) is 0.542.